The number of hydrogen-bond donors (Lipinski definition) is 0. The summed E-state index contributed by atoms with van der Waals surface area (Å²) in [4.78, 5) is 1.26. The summed E-state index contributed by atoms with van der Waals surface area (Å²) >= 11 is 9.03. The van der Waals surface area contributed by atoms with Crippen molar-refractivity contribution >= 4 is 43.2 Å². The van der Waals surface area contributed by atoms with E-state index in [9.17, 15) is 0 Å². The Morgan fingerprint density at radius 3 is 2.16 bits per heavy atom. The van der Waals surface area contributed by atoms with E-state index in [1.165, 1.54) is 10.4 Å². The smallest absolute Gasteiger partial charge is 0.127 e. The quantitative estimate of drug-likeness (QED) is 0.640. The molecule has 2 nitrogen and oxygen atoms in total. The van der Waals surface area contributed by atoms with E-state index in [2.05, 4.69) is 44.8 Å². The van der Waals surface area contributed by atoms with Crippen molar-refractivity contribution in [3.05, 3.63) is 44.1 Å². The molecule has 0 bridgehead atoms. The number of methoxy groups -OCH3 is 2. The Hall–Kier alpha value is -0.520. The van der Waals surface area contributed by atoms with E-state index in [1.807, 2.05) is 18.2 Å². The van der Waals surface area contributed by atoms with Gasteiger partial charge in [0.25, 0.3) is 0 Å². The third-order valence-electron chi connectivity index (χ3n) is 2.85. The number of ether oxygens (including phenoxy) is 2. The molecule has 1 aromatic heterocycles. The van der Waals surface area contributed by atoms with Crippen molar-refractivity contribution in [2.45, 2.75) is 11.8 Å². The first kappa shape index (κ1) is 14.9. The van der Waals surface area contributed by atoms with Crippen LogP contribution in [0.1, 0.15) is 20.8 Å². The normalized spacial score (nSPS) is 12.3. The first-order chi connectivity index (χ1) is 9.08. The Balaban J connectivity index is 2.50. The average Bonchev–Trinajstić information content (AvgIpc) is 2.76. The Morgan fingerprint density at radius 1 is 1.16 bits per heavy atom. The minimum absolute atomic E-state index is 0.0496. The lowest BCUT2D eigenvalue weighted by molar-refractivity contribution is 0.387. The minimum Gasteiger partial charge on any atom is -0.496 e. The number of hydrogen-bond acceptors (Lipinski definition) is 3. The molecule has 102 valence electrons. The summed E-state index contributed by atoms with van der Waals surface area (Å²) < 4.78 is 12.1. The monoisotopic (exact) mass is 404 g/mol. The van der Waals surface area contributed by atoms with Gasteiger partial charge in [-0.3, -0.25) is 0 Å². The van der Waals surface area contributed by atoms with Gasteiger partial charge in [0.05, 0.1) is 28.4 Å². The van der Waals surface area contributed by atoms with Gasteiger partial charge in [0.15, 0.2) is 0 Å². The summed E-state index contributed by atoms with van der Waals surface area (Å²) in [6, 6.07) is 7.99. The first-order valence-corrected chi connectivity index (χ1v) is 8.21. The van der Waals surface area contributed by atoms with Crippen LogP contribution in [0, 0.1) is 6.92 Å². The van der Waals surface area contributed by atoms with Gasteiger partial charge in [-0.1, -0.05) is 22.0 Å². The molecule has 19 heavy (non-hydrogen) atoms. The molecule has 0 amide bonds. The molecule has 1 unspecified atom stereocenters. The maximum atomic E-state index is 5.45. The molecule has 1 heterocycles. The van der Waals surface area contributed by atoms with E-state index in [0.717, 1.165) is 20.8 Å². The van der Waals surface area contributed by atoms with Crippen molar-refractivity contribution in [3.8, 4) is 11.5 Å². The molecular weight excluding hydrogens is 392 g/mol. The van der Waals surface area contributed by atoms with Crippen molar-refractivity contribution in [2.75, 3.05) is 14.2 Å². The zero-order valence-corrected chi connectivity index (χ0v) is 14.9. The number of halogens is 2. The maximum Gasteiger partial charge on any atom is 0.127 e. The summed E-state index contributed by atoms with van der Waals surface area (Å²) in [7, 11) is 3.35. The van der Waals surface area contributed by atoms with Crippen LogP contribution in [0.15, 0.2) is 28.1 Å². The molecule has 1 atom stereocenters. The number of aryl methyl sites for hydroxylation is 1. The lowest BCUT2D eigenvalue weighted by Crippen LogP contribution is -1.99. The second kappa shape index (κ2) is 6.29. The van der Waals surface area contributed by atoms with E-state index >= 15 is 0 Å². The predicted molar refractivity (Wildman–Crippen MR) is 87.1 cm³/mol. The second-order valence-corrected chi connectivity index (χ2v) is 7.36. The molecule has 0 aliphatic carbocycles. The highest BCUT2D eigenvalue weighted by Crippen LogP contribution is 2.45. The van der Waals surface area contributed by atoms with Crippen LogP contribution in [-0.4, -0.2) is 14.2 Å². The lowest BCUT2D eigenvalue weighted by atomic mass is 10.1. The molecule has 0 spiro atoms. The lowest BCUT2D eigenvalue weighted by Gasteiger charge is -2.16. The van der Waals surface area contributed by atoms with Gasteiger partial charge in [-0.05, 0) is 46.6 Å². The third-order valence-corrected chi connectivity index (χ3v) is 6.30. The number of rotatable bonds is 4. The van der Waals surface area contributed by atoms with Crippen LogP contribution in [0.5, 0.6) is 11.5 Å². The molecule has 0 N–H and O–H groups in total. The Kier molecular flexibility index (Phi) is 4.92. The molecule has 2 aromatic rings. The molecule has 0 saturated heterocycles. The van der Waals surface area contributed by atoms with Gasteiger partial charge in [-0.15, -0.1) is 11.3 Å². The predicted octanol–water partition coefficient (Wildman–Crippen LogP) is 5.32. The Morgan fingerprint density at radius 2 is 1.74 bits per heavy atom. The van der Waals surface area contributed by atoms with Crippen LogP contribution in [0.25, 0.3) is 0 Å². The standard InChI is InChI=1S/C14H14Br2O2S/c1-8-7-11(19-14(8)16)13(15)12-9(17-2)5-4-6-10(12)18-3/h4-7,13H,1-3H3. The van der Waals surface area contributed by atoms with Crippen LogP contribution < -0.4 is 9.47 Å². The highest BCUT2D eigenvalue weighted by molar-refractivity contribution is 9.11. The number of thiophene rings is 1. The van der Waals surface area contributed by atoms with Gasteiger partial charge in [-0.25, -0.2) is 0 Å². The van der Waals surface area contributed by atoms with Gasteiger partial charge in [0.1, 0.15) is 11.5 Å². The molecule has 0 fully saturated rings. The molecule has 2 rings (SSSR count). The number of benzene rings is 1. The molecule has 0 aliphatic heterocycles. The fourth-order valence-electron chi connectivity index (χ4n) is 1.88. The van der Waals surface area contributed by atoms with Crippen LogP contribution in [-0.2, 0) is 0 Å². The largest absolute Gasteiger partial charge is 0.496 e. The number of alkyl halides is 1. The van der Waals surface area contributed by atoms with Gasteiger partial charge in [-0.2, -0.15) is 0 Å². The van der Waals surface area contributed by atoms with Crippen molar-refractivity contribution in [2.24, 2.45) is 0 Å². The Bertz CT molecular complexity index is 539. The van der Waals surface area contributed by atoms with E-state index in [1.54, 1.807) is 25.6 Å². The summed E-state index contributed by atoms with van der Waals surface area (Å²) in [5.74, 6) is 1.65. The SMILES string of the molecule is COc1cccc(OC)c1C(Br)c1cc(C)c(Br)s1. The van der Waals surface area contributed by atoms with Crippen LogP contribution in [0.3, 0.4) is 0 Å². The van der Waals surface area contributed by atoms with E-state index in [-0.39, 0.29) is 4.83 Å². The molecule has 0 saturated carbocycles. The molecule has 1 aromatic carbocycles. The fourth-order valence-corrected chi connectivity index (χ4v) is 4.30. The van der Waals surface area contributed by atoms with E-state index in [0.29, 0.717) is 0 Å². The zero-order chi connectivity index (χ0) is 14.0. The van der Waals surface area contributed by atoms with Gasteiger partial charge in [0.2, 0.25) is 0 Å². The third kappa shape index (κ3) is 2.98. The van der Waals surface area contributed by atoms with Crippen LogP contribution in [0.4, 0.5) is 0 Å². The van der Waals surface area contributed by atoms with E-state index < -0.39 is 0 Å². The first-order valence-electron chi connectivity index (χ1n) is 5.69. The molecule has 5 heteroatoms. The van der Waals surface area contributed by atoms with Crippen molar-refractivity contribution < 1.29 is 9.47 Å². The van der Waals surface area contributed by atoms with Crippen molar-refractivity contribution in [1.29, 1.82) is 0 Å². The topological polar surface area (TPSA) is 18.5 Å². The summed E-state index contributed by atoms with van der Waals surface area (Å²) in [6.45, 7) is 2.09. The average molecular weight is 406 g/mol. The van der Waals surface area contributed by atoms with Gasteiger partial charge < -0.3 is 9.47 Å². The van der Waals surface area contributed by atoms with Crippen molar-refractivity contribution in [1.82, 2.24) is 0 Å². The van der Waals surface area contributed by atoms with Crippen LogP contribution >= 0.6 is 43.2 Å². The molecule has 0 aliphatic rings. The second-order valence-electron chi connectivity index (χ2n) is 4.04. The highest BCUT2D eigenvalue weighted by atomic mass is 79.9. The van der Waals surface area contributed by atoms with Gasteiger partial charge >= 0.3 is 0 Å². The highest BCUT2D eigenvalue weighted by Gasteiger charge is 2.22. The van der Waals surface area contributed by atoms with Crippen molar-refractivity contribution in [3.63, 3.8) is 0 Å². The fraction of sp³-hybridized carbons (Fsp3) is 0.286. The summed E-state index contributed by atoms with van der Waals surface area (Å²) in [6.07, 6.45) is 0. The molecular formula is C14H14Br2O2S. The summed E-state index contributed by atoms with van der Waals surface area (Å²) in [5.41, 5.74) is 2.25. The Labute approximate surface area is 134 Å². The molecule has 0 radical (unpaired) electrons. The summed E-state index contributed by atoms with van der Waals surface area (Å²) in [5, 5.41) is 0. The maximum absolute atomic E-state index is 5.45. The minimum atomic E-state index is 0.0496. The van der Waals surface area contributed by atoms with Gasteiger partial charge in [0, 0.05) is 4.88 Å². The van der Waals surface area contributed by atoms with E-state index in [4.69, 9.17) is 9.47 Å². The van der Waals surface area contributed by atoms with Crippen LogP contribution in [0.2, 0.25) is 0 Å². The zero-order valence-electron chi connectivity index (χ0n) is 10.9.